The molecule has 0 N–H and O–H groups in total. The van der Waals surface area contributed by atoms with Gasteiger partial charge in [0.15, 0.2) is 6.23 Å². The zero-order valence-electron chi connectivity index (χ0n) is 17.0. The SMILES string of the molecule is C=CCN(C)C(CCCCC)O/C=C(\C)CCC(C=O)c1ccccc1F. The monoisotopic (exact) mass is 375 g/mol. The van der Waals surface area contributed by atoms with Gasteiger partial charge in [0.1, 0.15) is 12.1 Å². The molecule has 0 heterocycles. The maximum atomic E-state index is 13.9. The molecule has 3 nitrogen and oxygen atoms in total. The molecule has 2 atom stereocenters. The Bertz CT molecular complexity index is 600. The predicted octanol–water partition coefficient (Wildman–Crippen LogP) is 5.83. The largest absolute Gasteiger partial charge is 0.483 e. The third kappa shape index (κ3) is 8.53. The minimum absolute atomic E-state index is 0.0120. The van der Waals surface area contributed by atoms with E-state index in [4.69, 9.17) is 4.74 Å². The Morgan fingerprint density at radius 2 is 2.04 bits per heavy atom. The first-order valence-corrected chi connectivity index (χ1v) is 9.85. The number of unbranched alkanes of at least 4 members (excludes halogenated alkanes) is 2. The van der Waals surface area contributed by atoms with Crippen molar-refractivity contribution in [3.05, 3.63) is 60.1 Å². The average Bonchev–Trinajstić information content (AvgIpc) is 2.66. The van der Waals surface area contributed by atoms with E-state index in [9.17, 15) is 9.18 Å². The van der Waals surface area contributed by atoms with E-state index in [2.05, 4.69) is 18.4 Å². The first kappa shape index (κ1) is 23.1. The molecule has 150 valence electrons. The summed E-state index contributed by atoms with van der Waals surface area (Å²) >= 11 is 0. The summed E-state index contributed by atoms with van der Waals surface area (Å²) in [6.45, 7) is 8.73. The molecule has 2 unspecified atom stereocenters. The van der Waals surface area contributed by atoms with Crippen molar-refractivity contribution < 1.29 is 13.9 Å². The second kappa shape index (κ2) is 13.3. The molecular weight excluding hydrogens is 341 g/mol. The molecule has 4 heteroatoms. The van der Waals surface area contributed by atoms with Gasteiger partial charge in [-0.2, -0.15) is 0 Å². The van der Waals surface area contributed by atoms with Crippen molar-refractivity contribution in [1.82, 2.24) is 4.90 Å². The van der Waals surface area contributed by atoms with Gasteiger partial charge in [0, 0.05) is 12.5 Å². The summed E-state index contributed by atoms with van der Waals surface area (Å²) in [5.74, 6) is -0.757. The van der Waals surface area contributed by atoms with Gasteiger partial charge in [0.2, 0.25) is 0 Å². The van der Waals surface area contributed by atoms with E-state index in [-0.39, 0.29) is 12.0 Å². The maximum absolute atomic E-state index is 13.9. The maximum Gasteiger partial charge on any atom is 0.151 e. The van der Waals surface area contributed by atoms with Crippen molar-refractivity contribution in [2.75, 3.05) is 13.6 Å². The van der Waals surface area contributed by atoms with Crippen LogP contribution in [0.4, 0.5) is 4.39 Å². The lowest BCUT2D eigenvalue weighted by atomic mass is 9.94. The normalized spacial score (nSPS) is 14.0. The van der Waals surface area contributed by atoms with Crippen molar-refractivity contribution in [3.8, 4) is 0 Å². The summed E-state index contributed by atoms with van der Waals surface area (Å²) in [6.07, 6.45) is 10.2. The van der Waals surface area contributed by atoms with Crippen molar-refractivity contribution in [1.29, 1.82) is 0 Å². The molecule has 0 fully saturated rings. The van der Waals surface area contributed by atoms with Crippen molar-refractivity contribution in [2.45, 2.75) is 64.5 Å². The molecule has 0 amide bonds. The average molecular weight is 376 g/mol. The summed E-state index contributed by atoms with van der Waals surface area (Å²) in [5, 5.41) is 0. The van der Waals surface area contributed by atoms with Gasteiger partial charge in [-0.3, -0.25) is 4.90 Å². The Morgan fingerprint density at radius 1 is 1.30 bits per heavy atom. The Morgan fingerprint density at radius 3 is 2.67 bits per heavy atom. The van der Waals surface area contributed by atoms with E-state index in [0.717, 1.165) is 31.2 Å². The molecule has 0 saturated heterocycles. The van der Waals surface area contributed by atoms with E-state index < -0.39 is 5.92 Å². The molecule has 0 aliphatic carbocycles. The number of benzene rings is 1. The molecule has 0 radical (unpaired) electrons. The van der Waals surface area contributed by atoms with Gasteiger partial charge >= 0.3 is 0 Å². The summed E-state index contributed by atoms with van der Waals surface area (Å²) in [4.78, 5) is 13.5. The van der Waals surface area contributed by atoms with Gasteiger partial charge in [-0.1, -0.05) is 44.0 Å². The zero-order chi connectivity index (χ0) is 20.1. The van der Waals surface area contributed by atoms with Crippen LogP contribution in [0.3, 0.4) is 0 Å². The number of hydrogen-bond acceptors (Lipinski definition) is 3. The number of likely N-dealkylation sites (N-methyl/N-ethyl adjacent to an activating group) is 1. The van der Waals surface area contributed by atoms with Crippen LogP contribution in [0, 0.1) is 5.82 Å². The summed E-state index contributed by atoms with van der Waals surface area (Å²) < 4.78 is 19.9. The summed E-state index contributed by atoms with van der Waals surface area (Å²) in [5.41, 5.74) is 1.51. The fourth-order valence-electron chi connectivity index (χ4n) is 2.99. The van der Waals surface area contributed by atoms with Crippen LogP contribution in [-0.4, -0.2) is 31.0 Å². The van der Waals surface area contributed by atoms with Gasteiger partial charge in [-0.15, -0.1) is 6.58 Å². The predicted molar refractivity (Wildman–Crippen MR) is 110 cm³/mol. The van der Waals surface area contributed by atoms with E-state index in [1.807, 2.05) is 20.0 Å². The van der Waals surface area contributed by atoms with Crippen LogP contribution >= 0.6 is 0 Å². The summed E-state index contributed by atoms with van der Waals surface area (Å²) in [6, 6.07) is 6.47. The smallest absolute Gasteiger partial charge is 0.151 e. The van der Waals surface area contributed by atoms with Crippen LogP contribution in [-0.2, 0) is 9.53 Å². The molecule has 0 saturated carbocycles. The molecule has 1 rings (SSSR count). The molecular formula is C23H34FNO2. The van der Waals surface area contributed by atoms with Gasteiger partial charge in [0.05, 0.1) is 6.26 Å². The second-order valence-corrected chi connectivity index (χ2v) is 7.08. The Hall–Kier alpha value is -1.94. The van der Waals surface area contributed by atoms with E-state index in [1.165, 1.54) is 18.9 Å². The van der Waals surface area contributed by atoms with Crippen LogP contribution in [0.5, 0.6) is 0 Å². The second-order valence-electron chi connectivity index (χ2n) is 7.08. The lowest BCUT2D eigenvalue weighted by Crippen LogP contribution is -2.33. The highest BCUT2D eigenvalue weighted by Gasteiger charge is 2.16. The van der Waals surface area contributed by atoms with Crippen LogP contribution in [0.25, 0.3) is 0 Å². The Balaban J connectivity index is 2.62. The fraction of sp³-hybridized carbons (Fsp3) is 0.522. The molecule has 0 bridgehead atoms. The molecule has 0 spiro atoms. The van der Waals surface area contributed by atoms with Crippen molar-refractivity contribution >= 4 is 6.29 Å². The van der Waals surface area contributed by atoms with Crippen LogP contribution in [0.2, 0.25) is 0 Å². The Kier molecular flexibility index (Phi) is 11.3. The van der Waals surface area contributed by atoms with Crippen molar-refractivity contribution in [2.24, 2.45) is 0 Å². The molecule has 0 aromatic heterocycles. The molecule has 0 aliphatic rings. The third-order valence-corrected chi connectivity index (χ3v) is 4.71. The number of rotatable bonds is 14. The highest BCUT2D eigenvalue weighted by molar-refractivity contribution is 5.62. The third-order valence-electron chi connectivity index (χ3n) is 4.71. The molecule has 1 aromatic carbocycles. The topological polar surface area (TPSA) is 29.5 Å². The number of aldehydes is 1. The lowest BCUT2D eigenvalue weighted by Gasteiger charge is -2.26. The van der Waals surface area contributed by atoms with Gasteiger partial charge < -0.3 is 9.53 Å². The molecule has 1 aromatic rings. The van der Waals surface area contributed by atoms with Gasteiger partial charge in [0.25, 0.3) is 0 Å². The number of carbonyl (C=O) groups is 1. The van der Waals surface area contributed by atoms with Crippen molar-refractivity contribution in [3.63, 3.8) is 0 Å². The number of halogens is 1. The first-order valence-electron chi connectivity index (χ1n) is 9.85. The molecule has 27 heavy (non-hydrogen) atoms. The molecule has 0 aliphatic heterocycles. The first-order chi connectivity index (χ1) is 13.0. The van der Waals surface area contributed by atoms with Gasteiger partial charge in [-0.25, -0.2) is 4.39 Å². The number of carbonyl (C=O) groups excluding carboxylic acids is 1. The quantitative estimate of drug-likeness (QED) is 0.135. The fourth-order valence-corrected chi connectivity index (χ4v) is 2.99. The van der Waals surface area contributed by atoms with Crippen LogP contribution in [0.15, 0.2) is 48.8 Å². The van der Waals surface area contributed by atoms with Crippen LogP contribution in [0.1, 0.15) is 63.9 Å². The zero-order valence-corrected chi connectivity index (χ0v) is 17.0. The summed E-state index contributed by atoms with van der Waals surface area (Å²) in [7, 11) is 2.03. The van der Waals surface area contributed by atoms with Gasteiger partial charge in [-0.05, 0) is 56.9 Å². The number of allylic oxidation sites excluding steroid dienone is 1. The number of ether oxygens (including phenoxy) is 1. The van der Waals surface area contributed by atoms with E-state index >= 15 is 0 Å². The number of hydrogen-bond donors (Lipinski definition) is 0. The van der Waals surface area contributed by atoms with E-state index in [1.54, 1.807) is 24.5 Å². The Labute approximate surface area is 163 Å². The highest BCUT2D eigenvalue weighted by Crippen LogP contribution is 2.24. The minimum Gasteiger partial charge on any atom is -0.483 e. The minimum atomic E-state index is -0.432. The highest BCUT2D eigenvalue weighted by atomic mass is 19.1. The standard InChI is InChI=1S/C23H34FNO2/c1-5-7-8-13-23(25(4)16-6-2)27-18-19(3)14-15-20(17-26)21-11-9-10-12-22(21)24/h6,9-12,17-18,20,23H,2,5,7-8,13-16H2,1,3-4H3/b19-18+. The van der Waals surface area contributed by atoms with Crippen LogP contribution < -0.4 is 0 Å². The number of nitrogens with zero attached hydrogens (tertiary/aromatic N) is 1. The lowest BCUT2D eigenvalue weighted by molar-refractivity contribution is -0.109. The van der Waals surface area contributed by atoms with E-state index in [0.29, 0.717) is 18.4 Å².